The van der Waals surface area contributed by atoms with E-state index in [1.807, 2.05) is 13.8 Å². The number of aromatic nitrogens is 1. The summed E-state index contributed by atoms with van der Waals surface area (Å²) in [6.07, 6.45) is 0.822. The number of hydrogen-bond acceptors (Lipinski definition) is 4. The summed E-state index contributed by atoms with van der Waals surface area (Å²) in [7, 11) is 1.66. The van der Waals surface area contributed by atoms with Crippen LogP contribution in [-0.4, -0.2) is 31.2 Å². The number of carbonyl (C=O) groups is 1. The van der Waals surface area contributed by atoms with Crippen LogP contribution in [0.15, 0.2) is 6.07 Å². The minimum absolute atomic E-state index is 0.0151. The molecule has 20 heavy (non-hydrogen) atoms. The summed E-state index contributed by atoms with van der Waals surface area (Å²) in [5, 5.41) is 4.05. The van der Waals surface area contributed by atoms with Gasteiger partial charge in [-0.15, -0.1) is 11.3 Å². The lowest BCUT2D eigenvalue weighted by Gasteiger charge is -2.04. The molecule has 2 heterocycles. The van der Waals surface area contributed by atoms with Gasteiger partial charge in [0.2, 0.25) is 0 Å². The number of ether oxygens (including phenoxy) is 1. The first kappa shape index (κ1) is 14.9. The molecule has 0 atom stereocenters. The van der Waals surface area contributed by atoms with Crippen molar-refractivity contribution in [3.63, 3.8) is 0 Å². The predicted molar refractivity (Wildman–Crippen MR) is 82.7 cm³/mol. The number of aryl methyl sites for hydroxylation is 3. The predicted octanol–water partition coefficient (Wildman–Crippen LogP) is 2.99. The Balaban J connectivity index is 2.24. The average molecular weight is 292 g/mol. The number of carbonyl (C=O) groups excluding carboxylic acids is 1. The Hall–Kier alpha value is -1.46. The van der Waals surface area contributed by atoms with Gasteiger partial charge in [-0.2, -0.15) is 0 Å². The molecule has 0 unspecified atom stereocenters. The molecule has 0 aliphatic heterocycles. The summed E-state index contributed by atoms with van der Waals surface area (Å²) in [5.41, 5.74) is 3.20. The van der Waals surface area contributed by atoms with Gasteiger partial charge < -0.3 is 10.1 Å². The van der Waals surface area contributed by atoms with Crippen molar-refractivity contribution in [2.24, 2.45) is 0 Å². The largest absolute Gasteiger partial charge is 0.385 e. The van der Waals surface area contributed by atoms with Gasteiger partial charge in [0.1, 0.15) is 4.83 Å². The molecule has 2 aromatic heterocycles. The lowest BCUT2D eigenvalue weighted by molar-refractivity contribution is 0.0952. The quantitative estimate of drug-likeness (QED) is 0.862. The zero-order chi connectivity index (χ0) is 14.7. The van der Waals surface area contributed by atoms with Crippen LogP contribution in [-0.2, 0) is 4.74 Å². The summed E-state index contributed by atoms with van der Waals surface area (Å²) in [6, 6.07) is 2.06. The second kappa shape index (κ2) is 6.33. The normalized spacial score (nSPS) is 11.0. The van der Waals surface area contributed by atoms with E-state index in [2.05, 4.69) is 23.3 Å². The van der Waals surface area contributed by atoms with Crippen molar-refractivity contribution in [2.45, 2.75) is 27.2 Å². The van der Waals surface area contributed by atoms with E-state index in [9.17, 15) is 4.79 Å². The molecule has 0 aromatic carbocycles. The van der Waals surface area contributed by atoms with Crippen molar-refractivity contribution in [1.82, 2.24) is 10.3 Å². The SMILES string of the molecule is COCCCNC(=O)c1sc2nc(C)cc(C)c2c1C. The monoisotopic (exact) mass is 292 g/mol. The first-order valence-corrected chi connectivity index (χ1v) is 7.50. The van der Waals surface area contributed by atoms with Gasteiger partial charge in [-0.05, 0) is 44.4 Å². The number of pyridine rings is 1. The van der Waals surface area contributed by atoms with Gasteiger partial charge in [0.15, 0.2) is 0 Å². The highest BCUT2D eigenvalue weighted by molar-refractivity contribution is 7.20. The fourth-order valence-electron chi connectivity index (χ4n) is 2.33. The van der Waals surface area contributed by atoms with Crippen LogP contribution in [0.3, 0.4) is 0 Å². The van der Waals surface area contributed by atoms with Crippen molar-refractivity contribution in [1.29, 1.82) is 0 Å². The van der Waals surface area contributed by atoms with Crippen molar-refractivity contribution < 1.29 is 9.53 Å². The minimum Gasteiger partial charge on any atom is -0.385 e. The van der Waals surface area contributed by atoms with Crippen molar-refractivity contribution in [2.75, 3.05) is 20.3 Å². The summed E-state index contributed by atoms with van der Waals surface area (Å²) in [4.78, 5) is 18.5. The van der Waals surface area contributed by atoms with Crippen LogP contribution in [0.1, 0.15) is 32.9 Å². The Bertz CT molecular complexity index is 634. The van der Waals surface area contributed by atoms with E-state index in [4.69, 9.17) is 4.74 Å². The number of hydrogen-bond donors (Lipinski definition) is 1. The second-order valence-electron chi connectivity index (χ2n) is 4.92. The molecule has 0 radical (unpaired) electrons. The number of nitrogens with one attached hydrogen (secondary N) is 1. The molecule has 0 bridgehead atoms. The summed E-state index contributed by atoms with van der Waals surface area (Å²) < 4.78 is 4.97. The molecule has 0 fully saturated rings. The third-order valence-electron chi connectivity index (χ3n) is 3.24. The van der Waals surface area contributed by atoms with E-state index in [0.717, 1.165) is 32.8 Å². The fourth-order valence-corrected chi connectivity index (χ4v) is 3.55. The third-order valence-corrected chi connectivity index (χ3v) is 4.43. The number of methoxy groups -OCH3 is 1. The first-order chi connectivity index (χ1) is 9.54. The molecule has 2 aromatic rings. The van der Waals surface area contributed by atoms with Crippen LogP contribution in [0.25, 0.3) is 10.2 Å². The van der Waals surface area contributed by atoms with E-state index in [-0.39, 0.29) is 5.91 Å². The molecule has 2 rings (SSSR count). The zero-order valence-electron chi connectivity index (χ0n) is 12.4. The average Bonchev–Trinajstić information content (AvgIpc) is 2.71. The van der Waals surface area contributed by atoms with Crippen LogP contribution < -0.4 is 5.32 Å². The topological polar surface area (TPSA) is 51.2 Å². The Morgan fingerprint density at radius 3 is 2.85 bits per heavy atom. The van der Waals surface area contributed by atoms with E-state index in [0.29, 0.717) is 13.2 Å². The highest BCUT2D eigenvalue weighted by Gasteiger charge is 2.17. The summed E-state index contributed by atoms with van der Waals surface area (Å²) in [5.74, 6) is -0.0151. The molecule has 1 N–H and O–H groups in total. The Kier molecular flexibility index (Phi) is 4.73. The number of nitrogens with zero attached hydrogens (tertiary/aromatic N) is 1. The van der Waals surface area contributed by atoms with Crippen LogP contribution >= 0.6 is 11.3 Å². The van der Waals surface area contributed by atoms with Gasteiger partial charge in [0, 0.05) is 31.3 Å². The zero-order valence-corrected chi connectivity index (χ0v) is 13.2. The van der Waals surface area contributed by atoms with Gasteiger partial charge in [-0.3, -0.25) is 4.79 Å². The molecule has 108 valence electrons. The van der Waals surface area contributed by atoms with Gasteiger partial charge in [-0.1, -0.05) is 0 Å². The minimum atomic E-state index is -0.0151. The van der Waals surface area contributed by atoms with E-state index in [1.54, 1.807) is 7.11 Å². The van der Waals surface area contributed by atoms with Gasteiger partial charge in [0.05, 0.1) is 4.88 Å². The second-order valence-corrected chi connectivity index (χ2v) is 5.92. The molecule has 0 saturated heterocycles. The highest BCUT2D eigenvalue weighted by Crippen LogP contribution is 2.32. The number of fused-ring (bicyclic) bond motifs is 1. The molecular formula is C15H20N2O2S. The highest BCUT2D eigenvalue weighted by atomic mass is 32.1. The fraction of sp³-hybridized carbons (Fsp3) is 0.467. The lowest BCUT2D eigenvalue weighted by Crippen LogP contribution is -2.24. The first-order valence-electron chi connectivity index (χ1n) is 6.69. The van der Waals surface area contributed by atoms with Crippen LogP contribution in [0.5, 0.6) is 0 Å². The number of rotatable bonds is 5. The summed E-state index contributed by atoms with van der Waals surface area (Å²) >= 11 is 1.47. The molecule has 5 heteroatoms. The van der Waals surface area contributed by atoms with Crippen molar-refractivity contribution >= 4 is 27.5 Å². The van der Waals surface area contributed by atoms with Gasteiger partial charge in [0.25, 0.3) is 5.91 Å². The van der Waals surface area contributed by atoms with Crippen LogP contribution in [0.2, 0.25) is 0 Å². The lowest BCUT2D eigenvalue weighted by atomic mass is 10.1. The third kappa shape index (κ3) is 2.99. The maximum absolute atomic E-state index is 12.2. The molecule has 1 amide bonds. The smallest absolute Gasteiger partial charge is 0.261 e. The maximum atomic E-state index is 12.2. The Labute approximate surface area is 123 Å². The number of amides is 1. The molecule has 4 nitrogen and oxygen atoms in total. The molecule has 0 saturated carbocycles. The summed E-state index contributed by atoms with van der Waals surface area (Å²) in [6.45, 7) is 7.33. The molecule has 0 spiro atoms. The Morgan fingerprint density at radius 2 is 2.15 bits per heavy atom. The van der Waals surface area contributed by atoms with E-state index >= 15 is 0 Å². The van der Waals surface area contributed by atoms with Gasteiger partial charge >= 0.3 is 0 Å². The standard InChI is InChI=1S/C15H20N2O2S/c1-9-8-10(2)17-15-12(9)11(3)13(20-15)14(18)16-6-5-7-19-4/h8H,5-7H2,1-4H3,(H,16,18). The Morgan fingerprint density at radius 1 is 1.40 bits per heavy atom. The van der Waals surface area contributed by atoms with E-state index in [1.165, 1.54) is 16.9 Å². The van der Waals surface area contributed by atoms with E-state index < -0.39 is 0 Å². The molecule has 0 aliphatic rings. The number of thiophene rings is 1. The molecule has 0 aliphatic carbocycles. The van der Waals surface area contributed by atoms with Crippen LogP contribution in [0, 0.1) is 20.8 Å². The van der Waals surface area contributed by atoms with Gasteiger partial charge in [-0.25, -0.2) is 4.98 Å². The van der Waals surface area contributed by atoms with Crippen LogP contribution in [0.4, 0.5) is 0 Å². The maximum Gasteiger partial charge on any atom is 0.261 e. The molecular weight excluding hydrogens is 272 g/mol. The van der Waals surface area contributed by atoms with Crippen molar-refractivity contribution in [3.05, 3.63) is 27.8 Å². The van der Waals surface area contributed by atoms with Crippen molar-refractivity contribution in [3.8, 4) is 0 Å².